The van der Waals surface area contributed by atoms with E-state index in [2.05, 4.69) is 10.1 Å². The molecule has 23 heavy (non-hydrogen) atoms. The second kappa shape index (κ2) is 5.68. The maximum absolute atomic E-state index is 12.2. The van der Waals surface area contributed by atoms with Gasteiger partial charge in [0.25, 0.3) is 0 Å². The number of rotatable bonds is 1. The predicted molar refractivity (Wildman–Crippen MR) is 86.8 cm³/mol. The molecule has 0 saturated carbocycles. The summed E-state index contributed by atoms with van der Waals surface area (Å²) in [6.07, 6.45) is 1.49. The van der Waals surface area contributed by atoms with Crippen LogP contribution in [-0.4, -0.2) is 37.9 Å². The van der Waals surface area contributed by atoms with Crippen LogP contribution in [0, 0.1) is 6.92 Å². The zero-order valence-corrected chi connectivity index (χ0v) is 14.0. The molecular weight excluding hydrogens is 292 g/mol. The van der Waals surface area contributed by atoms with Crippen molar-refractivity contribution in [1.82, 2.24) is 19.7 Å². The summed E-state index contributed by atoms with van der Waals surface area (Å²) in [4.78, 5) is 18.3. The van der Waals surface area contributed by atoms with Gasteiger partial charge < -0.3 is 9.64 Å². The quantitative estimate of drug-likeness (QED) is 0.812. The Morgan fingerprint density at radius 1 is 1.30 bits per heavy atom. The molecule has 1 aliphatic rings. The third-order valence-electron chi connectivity index (χ3n) is 3.70. The van der Waals surface area contributed by atoms with Gasteiger partial charge in [0.2, 0.25) is 0 Å². The first-order chi connectivity index (χ1) is 10.8. The van der Waals surface area contributed by atoms with Crippen LogP contribution in [0.5, 0.6) is 0 Å². The van der Waals surface area contributed by atoms with Crippen LogP contribution in [0.15, 0.2) is 24.4 Å². The molecule has 3 rings (SSSR count). The second-order valence-corrected chi connectivity index (χ2v) is 6.81. The zero-order valence-electron chi connectivity index (χ0n) is 14.0. The Bertz CT molecular complexity index is 730. The van der Waals surface area contributed by atoms with Gasteiger partial charge in [0, 0.05) is 12.7 Å². The molecule has 1 amide bonds. The molecule has 0 bridgehead atoms. The van der Waals surface area contributed by atoms with Gasteiger partial charge in [-0.2, -0.15) is 5.10 Å². The van der Waals surface area contributed by atoms with Gasteiger partial charge in [0.1, 0.15) is 11.3 Å². The van der Waals surface area contributed by atoms with Gasteiger partial charge >= 0.3 is 6.09 Å². The number of hydrogen-bond acceptors (Lipinski definition) is 4. The summed E-state index contributed by atoms with van der Waals surface area (Å²) < 4.78 is 7.40. The molecule has 2 aromatic rings. The Balaban J connectivity index is 1.80. The van der Waals surface area contributed by atoms with E-state index < -0.39 is 5.60 Å². The molecule has 6 heteroatoms. The fourth-order valence-electron chi connectivity index (χ4n) is 2.62. The fraction of sp³-hybridized carbons (Fsp3) is 0.471. The van der Waals surface area contributed by atoms with Crippen LogP contribution in [0.25, 0.3) is 11.4 Å². The molecule has 0 aliphatic carbocycles. The third-order valence-corrected chi connectivity index (χ3v) is 3.70. The first kappa shape index (κ1) is 15.5. The van der Waals surface area contributed by atoms with E-state index in [1.54, 1.807) is 11.1 Å². The van der Waals surface area contributed by atoms with Crippen LogP contribution >= 0.6 is 0 Å². The van der Waals surface area contributed by atoms with E-state index in [4.69, 9.17) is 4.74 Å². The minimum absolute atomic E-state index is 0.277. The number of hydrogen-bond donors (Lipinski definition) is 0. The van der Waals surface area contributed by atoms with Crippen molar-refractivity contribution < 1.29 is 9.53 Å². The molecule has 6 nitrogen and oxygen atoms in total. The number of aryl methyl sites for hydroxylation is 1. The Hall–Kier alpha value is -2.37. The zero-order chi connectivity index (χ0) is 16.6. The van der Waals surface area contributed by atoms with Gasteiger partial charge in [0.15, 0.2) is 0 Å². The lowest BCUT2D eigenvalue weighted by Crippen LogP contribution is -2.41. The monoisotopic (exact) mass is 314 g/mol. The highest BCUT2D eigenvalue weighted by atomic mass is 16.6. The number of carbonyl (C=O) groups excluding carboxylic acids is 1. The Kier molecular flexibility index (Phi) is 3.83. The molecular formula is C17H22N4O2. The van der Waals surface area contributed by atoms with E-state index in [9.17, 15) is 4.79 Å². The van der Waals surface area contributed by atoms with Gasteiger partial charge in [0.05, 0.1) is 24.5 Å². The fourth-order valence-corrected chi connectivity index (χ4v) is 2.62. The molecule has 0 unspecified atom stereocenters. The molecule has 0 fully saturated rings. The van der Waals surface area contributed by atoms with Crippen LogP contribution in [0.1, 0.15) is 32.0 Å². The maximum atomic E-state index is 12.2. The number of amides is 1. The standard InChI is InChI=1S/C17H22N4O2/c1-12-6-5-7-18-15(12)14-10-13-11-20(8-9-21(13)19-14)16(22)23-17(2,3)4/h5-7,10H,8-9,11H2,1-4H3. The van der Waals surface area contributed by atoms with Crippen LogP contribution in [0.4, 0.5) is 4.79 Å². The minimum atomic E-state index is -0.481. The van der Waals surface area contributed by atoms with Crippen LogP contribution in [-0.2, 0) is 17.8 Å². The lowest BCUT2D eigenvalue weighted by atomic mass is 10.1. The second-order valence-electron chi connectivity index (χ2n) is 6.81. The molecule has 0 aromatic carbocycles. The van der Waals surface area contributed by atoms with Crippen molar-refractivity contribution in [3.8, 4) is 11.4 Å². The molecule has 0 radical (unpaired) electrons. The maximum Gasteiger partial charge on any atom is 0.410 e. The molecule has 0 N–H and O–H groups in total. The lowest BCUT2D eigenvalue weighted by Gasteiger charge is -2.30. The van der Waals surface area contributed by atoms with E-state index in [1.165, 1.54) is 0 Å². The van der Waals surface area contributed by atoms with Crippen molar-refractivity contribution in [2.45, 2.75) is 46.4 Å². The highest BCUT2D eigenvalue weighted by Gasteiger charge is 2.27. The number of fused-ring (bicyclic) bond motifs is 1. The van der Waals surface area contributed by atoms with Gasteiger partial charge in [-0.25, -0.2) is 4.79 Å². The summed E-state index contributed by atoms with van der Waals surface area (Å²) in [5.74, 6) is 0. The summed E-state index contributed by atoms with van der Waals surface area (Å²) in [5, 5.41) is 4.63. The van der Waals surface area contributed by atoms with Crippen molar-refractivity contribution in [1.29, 1.82) is 0 Å². The summed E-state index contributed by atoms with van der Waals surface area (Å²) in [5.41, 5.74) is 3.35. The molecule has 0 spiro atoms. The summed E-state index contributed by atoms with van der Waals surface area (Å²) >= 11 is 0. The van der Waals surface area contributed by atoms with Crippen molar-refractivity contribution in [3.05, 3.63) is 35.7 Å². The topological polar surface area (TPSA) is 60.2 Å². The molecule has 2 aromatic heterocycles. The Morgan fingerprint density at radius 3 is 2.78 bits per heavy atom. The van der Waals surface area contributed by atoms with E-state index in [-0.39, 0.29) is 6.09 Å². The van der Waals surface area contributed by atoms with Gasteiger partial charge in [-0.15, -0.1) is 0 Å². The first-order valence-corrected chi connectivity index (χ1v) is 7.80. The average Bonchev–Trinajstić information content (AvgIpc) is 2.88. The van der Waals surface area contributed by atoms with Crippen molar-refractivity contribution in [2.75, 3.05) is 6.54 Å². The van der Waals surface area contributed by atoms with E-state index in [0.29, 0.717) is 19.6 Å². The van der Waals surface area contributed by atoms with Crippen LogP contribution < -0.4 is 0 Å². The van der Waals surface area contributed by atoms with Gasteiger partial charge in [-0.1, -0.05) is 6.07 Å². The van der Waals surface area contributed by atoms with E-state index in [0.717, 1.165) is 22.6 Å². The largest absolute Gasteiger partial charge is 0.444 e. The third kappa shape index (κ3) is 3.36. The molecule has 3 heterocycles. The van der Waals surface area contributed by atoms with E-state index >= 15 is 0 Å². The summed E-state index contributed by atoms with van der Waals surface area (Å²) in [6, 6.07) is 5.94. The minimum Gasteiger partial charge on any atom is -0.444 e. The first-order valence-electron chi connectivity index (χ1n) is 7.80. The molecule has 1 aliphatic heterocycles. The molecule has 0 atom stereocenters. The Morgan fingerprint density at radius 2 is 2.09 bits per heavy atom. The van der Waals surface area contributed by atoms with Crippen molar-refractivity contribution >= 4 is 6.09 Å². The van der Waals surface area contributed by atoms with Crippen molar-refractivity contribution in [3.63, 3.8) is 0 Å². The summed E-state index contributed by atoms with van der Waals surface area (Å²) in [6.45, 7) is 9.43. The van der Waals surface area contributed by atoms with Crippen LogP contribution in [0.2, 0.25) is 0 Å². The van der Waals surface area contributed by atoms with Crippen LogP contribution in [0.3, 0.4) is 0 Å². The SMILES string of the molecule is Cc1cccnc1-c1cc2n(n1)CCN(C(=O)OC(C)(C)C)C2. The Labute approximate surface area is 136 Å². The average molecular weight is 314 g/mol. The summed E-state index contributed by atoms with van der Waals surface area (Å²) in [7, 11) is 0. The normalized spacial score (nSPS) is 14.5. The number of pyridine rings is 1. The van der Waals surface area contributed by atoms with Crippen molar-refractivity contribution in [2.24, 2.45) is 0 Å². The van der Waals surface area contributed by atoms with Gasteiger partial charge in [-0.3, -0.25) is 9.67 Å². The number of aromatic nitrogens is 3. The molecule has 122 valence electrons. The highest BCUT2D eigenvalue weighted by Crippen LogP contribution is 2.23. The van der Waals surface area contributed by atoms with Gasteiger partial charge in [-0.05, 0) is 45.4 Å². The smallest absolute Gasteiger partial charge is 0.410 e. The van der Waals surface area contributed by atoms with E-state index in [1.807, 2.05) is 50.6 Å². The number of nitrogens with zero attached hydrogens (tertiary/aromatic N) is 4. The number of ether oxygens (including phenoxy) is 1. The highest BCUT2D eigenvalue weighted by molar-refractivity contribution is 5.68. The molecule has 0 saturated heterocycles. The number of carbonyl (C=O) groups is 1. The predicted octanol–water partition coefficient (Wildman–Crippen LogP) is 3.00. The lowest BCUT2D eigenvalue weighted by molar-refractivity contribution is 0.0194.